The topological polar surface area (TPSA) is 140 Å². The maximum absolute atomic E-state index is 14.6. The van der Waals surface area contributed by atoms with Gasteiger partial charge in [-0.15, -0.1) is 0 Å². The molecule has 3 fully saturated rings. The van der Waals surface area contributed by atoms with Crippen molar-refractivity contribution in [2.45, 2.75) is 101 Å². The largest absolute Gasteiger partial charge is 0.471 e. The minimum Gasteiger partial charge on any atom is -0.350 e. The fourth-order valence-corrected chi connectivity index (χ4v) is 4.41. The summed E-state index contributed by atoms with van der Waals surface area (Å²) in [7, 11) is 0. The first-order valence-electron chi connectivity index (χ1n) is 11.9. The van der Waals surface area contributed by atoms with Crippen molar-refractivity contribution in [1.82, 2.24) is 21.3 Å². The molecule has 0 aromatic heterocycles. The van der Waals surface area contributed by atoms with Crippen molar-refractivity contribution in [2.24, 2.45) is 11.3 Å². The number of carbonyl (C=O) groups is 4. The zero-order valence-electron chi connectivity index (χ0n) is 20.4. The lowest BCUT2D eigenvalue weighted by molar-refractivity contribution is -0.175. The number of nitrogens with one attached hydrogen (secondary N) is 4. The summed E-state index contributed by atoms with van der Waals surface area (Å²) in [6.07, 6.45) is -3.11. The van der Waals surface area contributed by atoms with Crippen LogP contribution in [-0.4, -0.2) is 59.1 Å². The Morgan fingerprint density at radius 1 is 1.08 bits per heavy atom. The van der Waals surface area contributed by atoms with Crippen molar-refractivity contribution in [2.75, 3.05) is 0 Å². The van der Waals surface area contributed by atoms with Crippen LogP contribution < -0.4 is 21.3 Å². The Hall–Kier alpha value is -2.91. The van der Waals surface area contributed by atoms with Gasteiger partial charge in [-0.2, -0.15) is 18.4 Å². The molecular weight excluding hydrogens is 486 g/mol. The average molecular weight is 518 g/mol. The highest BCUT2D eigenvalue weighted by atomic mass is 19.4. The standard InChI is InChI=1S/C23H31F4N5O4/c1-20(2,3)15(31-19(36)23(25,26)27)18(35)30-14(10-21(24)4-5-21)17(34)29-13(11-28)8-12-9-22(6-7-22)32-16(12)33/h12-15H,4-10H2,1-3H3,(H,29,34)(H,30,35)(H,31,36)(H,32,33)/t12-,13+,14+,15?/m1/s1. The smallest absolute Gasteiger partial charge is 0.350 e. The number of nitrogens with zero attached hydrogens (tertiary/aromatic N) is 1. The first kappa shape index (κ1) is 27.7. The molecule has 13 heteroatoms. The molecule has 4 N–H and O–H groups in total. The van der Waals surface area contributed by atoms with Gasteiger partial charge in [0, 0.05) is 17.9 Å². The summed E-state index contributed by atoms with van der Waals surface area (Å²) in [5.41, 5.74) is -3.13. The Bertz CT molecular complexity index is 963. The Balaban J connectivity index is 1.69. The number of hydrogen-bond donors (Lipinski definition) is 4. The Labute approximate surface area is 206 Å². The number of halogens is 4. The molecule has 2 aliphatic carbocycles. The van der Waals surface area contributed by atoms with Gasteiger partial charge in [0.1, 0.15) is 23.8 Å². The SMILES string of the molecule is CC(C)(C)C(NC(=O)C(F)(F)F)C(=O)N[C@@H](CC1(F)CC1)C(=O)N[C@H](C#N)C[C@@H]1CC2(CC2)NC1=O. The number of hydrogen-bond acceptors (Lipinski definition) is 5. The Morgan fingerprint density at radius 3 is 2.14 bits per heavy atom. The molecule has 1 unspecified atom stereocenters. The van der Waals surface area contributed by atoms with Crippen LogP contribution in [0.2, 0.25) is 0 Å². The zero-order valence-corrected chi connectivity index (χ0v) is 20.4. The van der Waals surface area contributed by atoms with E-state index in [0.29, 0.717) is 6.42 Å². The van der Waals surface area contributed by atoms with Gasteiger partial charge in [-0.3, -0.25) is 19.2 Å². The molecule has 2 saturated carbocycles. The van der Waals surface area contributed by atoms with E-state index in [4.69, 9.17) is 0 Å². The molecule has 1 spiro atoms. The number of rotatable bonds is 9. The van der Waals surface area contributed by atoms with Gasteiger partial charge in [0.25, 0.3) is 0 Å². The van der Waals surface area contributed by atoms with Gasteiger partial charge in [-0.25, -0.2) is 4.39 Å². The van der Waals surface area contributed by atoms with Crippen LogP contribution in [0.3, 0.4) is 0 Å². The van der Waals surface area contributed by atoms with Crippen molar-refractivity contribution in [3.05, 3.63) is 0 Å². The average Bonchev–Trinajstić information content (AvgIpc) is 3.64. The van der Waals surface area contributed by atoms with Crippen LogP contribution in [0.5, 0.6) is 0 Å². The van der Waals surface area contributed by atoms with E-state index in [-0.39, 0.29) is 30.7 Å². The molecule has 1 aliphatic heterocycles. The molecule has 0 bridgehead atoms. The molecule has 3 rings (SSSR count). The monoisotopic (exact) mass is 517 g/mol. The van der Waals surface area contributed by atoms with Gasteiger partial charge >= 0.3 is 12.1 Å². The van der Waals surface area contributed by atoms with Crippen LogP contribution in [-0.2, 0) is 19.2 Å². The van der Waals surface area contributed by atoms with Crippen LogP contribution in [0.25, 0.3) is 0 Å². The molecule has 36 heavy (non-hydrogen) atoms. The van der Waals surface area contributed by atoms with Crippen LogP contribution in [0, 0.1) is 22.7 Å². The highest BCUT2D eigenvalue weighted by molar-refractivity contribution is 5.93. The zero-order chi connectivity index (χ0) is 27.1. The molecule has 0 aromatic rings. The van der Waals surface area contributed by atoms with E-state index in [9.17, 15) is 42.0 Å². The van der Waals surface area contributed by atoms with E-state index in [1.54, 1.807) is 5.32 Å². The summed E-state index contributed by atoms with van der Waals surface area (Å²) >= 11 is 0. The van der Waals surface area contributed by atoms with Crippen molar-refractivity contribution in [1.29, 1.82) is 5.26 Å². The minimum atomic E-state index is -5.23. The summed E-state index contributed by atoms with van der Waals surface area (Å²) < 4.78 is 53.0. The van der Waals surface area contributed by atoms with Gasteiger partial charge in [0.15, 0.2) is 0 Å². The third-order valence-corrected chi connectivity index (χ3v) is 6.90. The third-order valence-electron chi connectivity index (χ3n) is 6.90. The van der Waals surface area contributed by atoms with E-state index in [2.05, 4.69) is 16.0 Å². The molecule has 9 nitrogen and oxygen atoms in total. The van der Waals surface area contributed by atoms with Crippen LogP contribution >= 0.6 is 0 Å². The minimum absolute atomic E-state index is 0.0313. The van der Waals surface area contributed by atoms with Crippen LogP contribution in [0.15, 0.2) is 0 Å². The predicted molar refractivity (Wildman–Crippen MR) is 117 cm³/mol. The number of nitriles is 1. The third kappa shape index (κ3) is 6.85. The number of carbonyl (C=O) groups excluding carboxylic acids is 4. The second kappa shape index (κ2) is 9.52. The molecule has 4 amide bonds. The molecule has 1 saturated heterocycles. The van der Waals surface area contributed by atoms with E-state index < -0.39 is 65.4 Å². The van der Waals surface area contributed by atoms with Crippen molar-refractivity contribution in [3.63, 3.8) is 0 Å². The Morgan fingerprint density at radius 2 is 1.69 bits per heavy atom. The molecule has 4 atom stereocenters. The fraction of sp³-hybridized carbons (Fsp3) is 0.783. The lowest BCUT2D eigenvalue weighted by atomic mass is 9.85. The maximum Gasteiger partial charge on any atom is 0.471 e. The van der Waals surface area contributed by atoms with Crippen LogP contribution in [0.4, 0.5) is 17.6 Å². The fourth-order valence-electron chi connectivity index (χ4n) is 4.41. The van der Waals surface area contributed by atoms with E-state index in [1.807, 2.05) is 6.07 Å². The van der Waals surface area contributed by atoms with Crippen molar-refractivity contribution >= 4 is 23.6 Å². The normalized spacial score (nSPS) is 24.1. The summed E-state index contributed by atoms with van der Waals surface area (Å²) in [5.74, 6) is -5.00. The summed E-state index contributed by atoms with van der Waals surface area (Å²) in [5, 5.41) is 18.8. The van der Waals surface area contributed by atoms with Crippen LogP contribution in [0.1, 0.15) is 65.7 Å². The lowest BCUT2D eigenvalue weighted by Gasteiger charge is -2.32. The molecule has 200 valence electrons. The van der Waals surface area contributed by atoms with E-state index >= 15 is 0 Å². The summed E-state index contributed by atoms with van der Waals surface area (Å²) in [4.78, 5) is 49.6. The van der Waals surface area contributed by atoms with Gasteiger partial charge in [0.05, 0.1) is 6.07 Å². The molecular formula is C23H31F4N5O4. The van der Waals surface area contributed by atoms with Crippen molar-refractivity contribution in [3.8, 4) is 6.07 Å². The number of amides is 4. The van der Waals surface area contributed by atoms with Gasteiger partial charge in [-0.05, 0) is 43.9 Å². The predicted octanol–water partition coefficient (Wildman–Crippen LogP) is 1.52. The van der Waals surface area contributed by atoms with Crippen molar-refractivity contribution < 1.29 is 36.7 Å². The van der Waals surface area contributed by atoms with Gasteiger partial charge in [-0.1, -0.05) is 20.8 Å². The van der Waals surface area contributed by atoms with Gasteiger partial charge < -0.3 is 21.3 Å². The van der Waals surface area contributed by atoms with Gasteiger partial charge in [0.2, 0.25) is 17.7 Å². The number of alkyl halides is 4. The molecule has 0 radical (unpaired) electrons. The Kier molecular flexibility index (Phi) is 7.32. The lowest BCUT2D eigenvalue weighted by Crippen LogP contribution is -2.60. The second-order valence-electron chi connectivity index (χ2n) is 11.3. The maximum atomic E-state index is 14.6. The highest BCUT2D eigenvalue weighted by Crippen LogP contribution is 2.46. The van der Waals surface area contributed by atoms with E-state index in [1.165, 1.54) is 20.8 Å². The molecule has 1 heterocycles. The first-order valence-corrected chi connectivity index (χ1v) is 11.9. The highest BCUT2D eigenvalue weighted by Gasteiger charge is 2.53. The second-order valence-corrected chi connectivity index (χ2v) is 11.3. The summed E-state index contributed by atoms with van der Waals surface area (Å²) in [6.45, 7) is 4.27. The first-order chi connectivity index (χ1) is 16.5. The molecule has 0 aromatic carbocycles. The quantitative estimate of drug-likeness (QED) is 0.344. The van der Waals surface area contributed by atoms with E-state index in [0.717, 1.165) is 12.8 Å². The summed E-state index contributed by atoms with van der Waals surface area (Å²) in [6, 6.07) is -2.37. The molecule has 3 aliphatic rings.